The van der Waals surface area contributed by atoms with Crippen molar-refractivity contribution in [2.45, 2.75) is 24.3 Å². The zero-order valence-corrected chi connectivity index (χ0v) is 14.2. The molecule has 0 fully saturated rings. The number of nitrogens with zero attached hydrogens (tertiary/aromatic N) is 1. The molecule has 6 heteroatoms. The third-order valence-electron chi connectivity index (χ3n) is 3.30. The summed E-state index contributed by atoms with van der Waals surface area (Å²) in [5.74, 6) is -0.150. The quantitative estimate of drug-likeness (QED) is 0.682. The van der Waals surface area contributed by atoms with Gasteiger partial charge in [-0.2, -0.15) is 0 Å². The fourth-order valence-electron chi connectivity index (χ4n) is 2.06. The number of carbonyl (C=O) groups is 1. The number of rotatable bonds is 4. The highest BCUT2D eigenvalue weighted by Gasteiger charge is 2.19. The number of fused-ring (bicyclic) bond motifs is 1. The van der Waals surface area contributed by atoms with Gasteiger partial charge in [0.25, 0.3) is 5.22 Å². The number of amides is 1. The Morgan fingerprint density at radius 1 is 1.30 bits per heavy atom. The number of nitrogens with one attached hydrogen (secondary N) is 1. The van der Waals surface area contributed by atoms with Gasteiger partial charge in [0.1, 0.15) is 5.52 Å². The van der Waals surface area contributed by atoms with Crippen LogP contribution < -0.4 is 5.32 Å². The van der Waals surface area contributed by atoms with Crippen LogP contribution in [0.2, 0.25) is 5.02 Å². The van der Waals surface area contributed by atoms with E-state index in [0.717, 1.165) is 11.1 Å². The molecule has 0 radical (unpaired) electrons. The van der Waals surface area contributed by atoms with Crippen molar-refractivity contribution in [3.63, 3.8) is 0 Å². The number of halogens is 1. The van der Waals surface area contributed by atoms with Crippen LogP contribution in [-0.2, 0) is 4.79 Å². The number of carbonyl (C=O) groups excluding carboxylic acids is 1. The Labute approximate surface area is 143 Å². The summed E-state index contributed by atoms with van der Waals surface area (Å²) in [5.41, 5.74) is 3.14. The number of anilines is 1. The van der Waals surface area contributed by atoms with Gasteiger partial charge in [0, 0.05) is 0 Å². The van der Waals surface area contributed by atoms with Crippen molar-refractivity contribution >= 4 is 46.1 Å². The number of hydrogen-bond donors (Lipinski definition) is 1. The van der Waals surface area contributed by atoms with Crippen LogP contribution in [-0.4, -0.2) is 16.1 Å². The normalized spacial score (nSPS) is 12.3. The zero-order chi connectivity index (χ0) is 16.4. The van der Waals surface area contributed by atoms with Gasteiger partial charge in [0.15, 0.2) is 5.58 Å². The minimum atomic E-state index is -0.361. The first-order chi connectivity index (χ1) is 11.0. The summed E-state index contributed by atoms with van der Waals surface area (Å²) in [5, 5.41) is 3.47. The Morgan fingerprint density at radius 3 is 2.83 bits per heavy atom. The van der Waals surface area contributed by atoms with Gasteiger partial charge < -0.3 is 9.73 Å². The molecular formula is C17H15ClN2O2S. The molecule has 3 aromatic rings. The maximum atomic E-state index is 12.3. The van der Waals surface area contributed by atoms with E-state index in [4.69, 9.17) is 16.0 Å². The number of oxazole rings is 1. The molecule has 0 bridgehead atoms. The van der Waals surface area contributed by atoms with Crippen molar-refractivity contribution < 1.29 is 9.21 Å². The molecule has 1 aromatic heterocycles. The van der Waals surface area contributed by atoms with Gasteiger partial charge in [0.05, 0.1) is 16.0 Å². The molecule has 2 aromatic carbocycles. The largest absolute Gasteiger partial charge is 0.431 e. The lowest BCUT2D eigenvalue weighted by Gasteiger charge is -2.11. The van der Waals surface area contributed by atoms with Crippen LogP contribution in [0.1, 0.15) is 12.5 Å². The Balaban J connectivity index is 1.69. The third-order valence-corrected chi connectivity index (χ3v) is 4.56. The van der Waals surface area contributed by atoms with Crippen LogP contribution in [0, 0.1) is 6.92 Å². The summed E-state index contributed by atoms with van der Waals surface area (Å²) in [6.45, 7) is 3.75. The highest BCUT2D eigenvalue weighted by molar-refractivity contribution is 8.00. The molecule has 4 nitrogen and oxygen atoms in total. The van der Waals surface area contributed by atoms with Gasteiger partial charge in [-0.3, -0.25) is 4.79 Å². The highest BCUT2D eigenvalue weighted by atomic mass is 35.5. The van der Waals surface area contributed by atoms with E-state index >= 15 is 0 Å². The number of thioether (sulfide) groups is 1. The van der Waals surface area contributed by atoms with E-state index in [1.165, 1.54) is 11.8 Å². The second-order valence-corrected chi connectivity index (χ2v) is 6.88. The van der Waals surface area contributed by atoms with E-state index in [1.807, 2.05) is 43.3 Å². The molecule has 0 saturated carbocycles. The fourth-order valence-corrected chi connectivity index (χ4v) is 3.10. The minimum Gasteiger partial charge on any atom is -0.431 e. The molecule has 3 rings (SSSR count). The number of aromatic nitrogens is 1. The Bertz CT molecular complexity index is 830. The minimum absolute atomic E-state index is 0.150. The number of benzene rings is 2. The van der Waals surface area contributed by atoms with Crippen molar-refractivity contribution in [2.75, 3.05) is 5.32 Å². The second-order valence-electron chi connectivity index (χ2n) is 5.18. The Kier molecular flexibility index (Phi) is 4.59. The van der Waals surface area contributed by atoms with Crippen molar-refractivity contribution in [3.8, 4) is 0 Å². The summed E-state index contributed by atoms with van der Waals surface area (Å²) in [6, 6.07) is 13.0. The van der Waals surface area contributed by atoms with Crippen LogP contribution >= 0.6 is 23.4 Å². The van der Waals surface area contributed by atoms with Crippen LogP contribution in [0.15, 0.2) is 52.1 Å². The smallest absolute Gasteiger partial charge is 0.257 e. The summed E-state index contributed by atoms with van der Waals surface area (Å²) >= 11 is 7.41. The van der Waals surface area contributed by atoms with E-state index in [1.54, 1.807) is 13.0 Å². The summed E-state index contributed by atoms with van der Waals surface area (Å²) in [4.78, 5) is 16.7. The lowest BCUT2D eigenvalue weighted by molar-refractivity contribution is -0.115. The predicted molar refractivity (Wildman–Crippen MR) is 94.1 cm³/mol. The van der Waals surface area contributed by atoms with E-state index in [0.29, 0.717) is 21.5 Å². The molecule has 0 saturated heterocycles. The molecule has 0 aliphatic heterocycles. The molecule has 0 aliphatic rings. The van der Waals surface area contributed by atoms with Gasteiger partial charge >= 0.3 is 0 Å². The molecule has 1 unspecified atom stereocenters. The Hall–Kier alpha value is -1.98. The van der Waals surface area contributed by atoms with Crippen molar-refractivity contribution in [2.24, 2.45) is 0 Å². The maximum absolute atomic E-state index is 12.3. The van der Waals surface area contributed by atoms with Gasteiger partial charge in [-0.1, -0.05) is 41.6 Å². The number of hydrogen-bond acceptors (Lipinski definition) is 4. The van der Waals surface area contributed by atoms with Crippen LogP contribution in [0.25, 0.3) is 11.1 Å². The van der Waals surface area contributed by atoms with Gasteiger partial charge in [-0.05, 0) is 43.7 Å². The van der Waals surface area contributed by atoms with Gasteiger partial charge in [-0.25, -0.2) is 4.98 Å². The van der Waals surface area contributed by atoms with Crippen LogP contribution in [0.4, 0.5) is 5.69 Å². The van der Waals surface area contributed by atoms with Crippen LogP contribution in [0.3, 0.4) is 0 Å². The first-order valence-corrected chi connectivity index (χ1v) is 8.38. The monoisotopic (exact) mass is 346 g/mol. The molecule has 23 heavy (non-hydrogen) atoms. The van der Waals surface area contributed by atoms with Gasteiger partial charge in [-0.15, -0.1) is 0 Å². The third kappa shape index (κ3) is 3.68. The molecular weight excluding hydrogens is 332 g/mol. The molecule has 118 valence electrons. The van der Waals surface area contributed by atoms with Crippen molar-refractivity contribution in [1.29, 1.82) is 0 Å². The van der Waals surface area contributed by atoms with E-state index in [2.05, 4.69) is 10.3 Å². The lowest BCUT2D eigenvalue weighted by atomic mass is 10.2. The molecule has 0 aliphatic carbocycles. The fraction of sp³-hybridized carbons (Fsp3) is 0.176. The zero-order valence-electron chi connectivity index (χ0n) is 12.7. The number of para-hydroxylation sites is 2. The molecule has 1 atom stereocenters. The molecule has 1 N–H and O–H groups in total. The standard InChI is InChI=1S/C17H15ClN2O2S/c1-10-7-8-13(12(18)9-10)19-16(21)11(2)23-17-20-14-5-3-4-6-15(14)22-17/h3-9,11H,1-2H3,(H,19,21). The van der Waals surface area contributed by atoms with E-state index in [9.17, 15) is 4.79 Å². The first-order valence-electron chi connectivity index (χ1n) is 7.12. The van der Waals surface area contributed by atoms with E-state index in [-0.39, 0.29) is 11.2 Å². The molecule has 1 heterocycles. The molecule has 1 amide bonds. The van der Waals surface area contributed by atoms with Gasteiger partial charge in [0.2, 0.25) is 5.91 Å². The summed E-state index contributed by atoms with van der Waals surface area (Å²) in [7, 11) is 0. The van der Waals surface area contributed by atoms with Crippen molar-refractivity contribution in [1.82, 2.24) is 4.98 Å². The first kappa shape index (κ1) is 15.9. The van der Waals surface area contributed by atoms with Crippen molar-refractivity contribution in [3.05, 3.63) is 53.1 Å². The summed E-state index contributed by atoms with van der Waals surface area (Å²) < 4.78 is 5.62. The summed E-state index contributed by atoms with van der Waals surface area (Å²) in [6.07, 6.45) is 0. The van der Waals surface area contributed by atoms with Crippen LogP contribution in [0.5, 0.6) is 0 Å². The maximum Gasteiger partial charge on any atom is 0.257 e. The number of aryl methyl sites for hydroxylation is 1. The predicted octanol–water partition coefficient (Wildman–Crippen LogP) is 4.91. The molecule has 0 spiro atoms. The topological polar surface area (TPSA) is 55.1 Å². The van der Waals surface area contributed by atoms with E-state index < -0.39 is 0 Å². The SMILES string of the molecule is Cc1ccc(NC(=O)C(C)Sc2nc3ccccc3o2)c(Cl)c1. The average Bonchev–Trinajstić information content (AvgIpc) is 2.92. The lowest BCUT2D eigenvalue weighted by Crippen LogP contribution is -2.22. The highest BCUT2D eigenvalue weighted by Crippen LogP contribution is 2.28. The Morgan fingerprint density at radius 2 is 2.09 bits per heavy atom. The second kappa shape index (κ2) is 6.64. The average molecular weight is 347 g/mol.